The van der Waals surface area contributed by atoms with Crippen LogP contribution in [0.15, 0.2) is 36.5 Å². The van der Waals surface area contributed by atoms with Crippen LogP contribution in [0, 0.1) is 0 Å². The molecular formula is C18H26N4. The second kappa shape index (κ2) is 6.63. The molecule has 0 radical (unpaired) electrons. The molecule has 22 heavy (non-hydrogen) atoms. The molecule has 1 aliphatic heterocycles. The normalized spacial score (nSPS) is 20.6. The van der Waals surface area contributed by atoms with E-state index in [-0.39, 0.29) is 0 Å². The number of H-pyrrole nitrogens is 1. The Morgan fingerprint density at radius 1 is 1.23 bits per heavy atom. The van der Waals surface area contributed by atoms with Crippen molar-refractivity contribution in [2.75, 3.05) is 19.6 Å². The third-order valence-corrected chi connectivity index (χ3v) is 4.50. The predicted molar refractivity (Wildman–Crippen MR) is 90.6 cm³/mol. The van der Waals surface area contributed by atoms with Crippen LogP contribution in [0.2, 0.25) is 0 Å². The number of hydrogen-bond donors (Lipinski definition) is 1. The molecule has 4 nitrogen and oxygen atoms in total. The summed E-state index contributed by atoms with van der Waals surface area (Å²) >= 11 is 0. The van der Waals surface area contributed by atoms with Gasteiger partial charge in [-0.2, -0.15) is 0 Å². The zero-order valence-corrected chi connectivity index (χ0v) is 13.8. The molecule has 4 heteroatoms. The predicted octanol–water partition coefficient (Wildman–Crippen LogP) is 2.99. The van der Waals surface area contributed by atoms with Gasteiger partial charge in [-0.05, 0) is 20.8 Å². The lowest BCUT2D eigenvalue weighted by molar-refractivity contribution is 0.0559. The molecule has 3 rings (SSSR count). The Morgan fingerprint density at radius 2 is 2.00 bits per heavy atom. The van der Waals surface area contributed by atoms with Gasteiger partial charge < -0.3 is 4.98 Å². The van der Waals surface area contributed by atoms with E-state index in [1.165, 1.54) is 5.69 Å². The average molecular weight is 298 g/mol. The second-order valence-corrected chi connectivity index (χ2v) is 6.54. The van der Waals surface area contributed by atoms with E-state index < -0.39 is 0 Å². The molecule has 0 bridgehead atoms. The van der Waals surface area contributed by atoms with Gasteiger partial charge >= 0.3 is 0 Å². The maximum atomic E-state index is 4.52. The number of nitrogens with one attached hydrogen (secondary N) is 1. The summed E-state index contributed by atoms with van der Waals surface area (Å²) in [7, 11) is 0. The molecule has 1 aromatic carbocycles. The Bertz CT molecular complexity index is 590. The lowest BCUT2D eigenvalue weighted by Crippen LogP contribution is -2.53. The SMILES string of the molecule is CC(C)N1CCN(Cc2cnc(-c3ccccc3)[nH]2)C[C@@H]1C. The number of aromatic amines is 1. The standard InChI is InChI=1S/C18H26N4/c1-14(2)22-10-9-21(12-15(22)3)13-17-11-19-18(20-17)16-7-5-4-6-8-16/h4-8,11,14-15H,9-10,12-13H2,1-3H3,(H,19,20)/t15-/m0/s1. The third kappa shape index (κ3) is 3.39. The zero-order valence-electron chi connectivity index (χ0n) is 13.8. The maximum absolute atomic E-state index is 4.52. The van der Waals surface area contributed by atoms with Crippen molar-refractivity contribution in [1.82, 2.24) is 19.8 Å². The molecule has 1 N–H and O–H groups in total. The van der Waals surface area contributed by atoms with E-state index in [4.69, 9.17) is 0 Å². The minimum atomic E-state index is 0.616. The Hall–Kier alpha value is -1.65. The van der Waals surface area contributed by atoms with Gasteiger partial charge in [0.15, 0.2) is 0 Å². The van der Waals surface area contributed by atoms with Gasteiger partial charge in [0.05, 0.1) is 0 Å². The Morgan fingerprint density at radius 3 is 2.68 bits per heavy atom. The molecule has 0 amide bonds. The number of aromatic nitrogens is 2. The highest BCUT2D eigenvalue weighted by Gasteiger charge is 2.25. The maximum Gasteiger partial charge on any atom is 0.137 e. The van der Waals surface area contributed by atoms with E-state index in [1.807, 2.05) is 24.4 Å². The first-order chi connectivity index (χ1) is 10.6. The van der Waals surface area contributed by atoms with Gasteiger partial charge in [0.1, 0.15) is 5.82 Å². The summed E-state index contributed by atoms with van der Waals surface area (Å²) < 4.78 is 0. The zero-order chi connectivity index (χ0) is 15.5. The van der Waals surface area contributed by atoms with Crippen molar-refractivity contribution in [2.45, 2.75) is 39.4 Å². The number of imidazole rings is 1. The summed E-state index contributed by atoms with van der Waals surface area (Å²) in [5, 5.41) is 0. The van der Waals surface area contributed by atoms with Crippen LogP contribution in [0.3, 0.4) is 0 Å². The van der Waals surface area contributed by atoms with Crippen LogP contribution in [0.4, 0.5) is 0 Å². The monoisotopic (exact) mass is 298 g/mol. The van der Waals surface area contributed by atoms with Crippen LogP contribution in [-0.2, 0) is 6.54 Å². The third-order valence-electron chi connectivity index (χ3n) is 4.50. The topological polar surface area (TPSA) is 35.2 Å². The van der Waals surface area contributed by atoms with Crippen molar-refractivity contribution in [2.24, 2.45) is 0 Å². The van der Waals surface area contributed by atoms with Crippen molar-refractivity contribution in [1.29, 1.82) is 0 Å². The van der Waals surface area contributed by atoms with Gasteiger partial charge in [0, 0.05) is 55.7 Å². The Kier molecular flexibility index (Phi) is 4.60. The molecule has 1 saturated heterocycles. The highest BCUT2D eigenvalue weighted by molar-refractivity contribution is 5.54. The lowest BCUT2D eigenvalue weighted by atomic mass is 10.1. The lowest BCUT2D eigenvalue weighted by Gasteiger charge is -2.41. The van der Waals surface area contributed by atoms with Crippen molar-refractivity contribution < 1.29 is 0 Å². The smallest absolute Gasteiger partial charge is 0.137 e. The van der Waals surface area contributed by atoms with Crippen LogP contribution >= 0.6 is 0 Å². The summed E-state index contributed by atoms with van der Waals surface area (Å²) in [6.45, 7) is 11.3. The van der Waals surface area contributed by atoms with Gasteiger partial charge in [-0.15, -0.1) is 0 Å². The van der Waals surface area contributed by atoms with Crippen molar-refractivity contribution in [3.05, 3.63) is 42.2 Å². The summed E-state index contributed by atoms with van der Waals surface area (Å²) in [6, 6.07) is 11.6. The average Bonchev–Trinajstić information content (AvgIpc) is 2.96. The van der Waals surface area contributed by atoms with E-state index in [2.05, 4.69) is 52.7 Å². The van der Waals surface area contributed by atoms with Crippen LogP contribution in [0.1, 0.15) is 26.5 Å². The Labute approximate surface area is 133 Å². The fraction of sp³-hybridized carbons (Fsp3) is 0.500. The van der Waals surface area contributed by atoms with E-state index in [9.17, 15) is 0 Å². The molecule has 2 heterocycles. The fourth-order valence-corrected chi connectivity index (χ4v) is 3.38. The molecule has 1 aromatic heterocycles. The van der Waals surface area contributed by atoms with Crippen molar-refractivity contribution >= 4 is 0 Å². The molecule has 0 saturated carbocycles. The van der Waals surface area contributed by atoms with Crippen molar-refractivity contribution in [3.8, 4) is 11.4 Å². The number of nitrogens with zero attached hydrogens (tertiary/aromatic N) is 3. The molecule has 1 atom stereocenters. The molecule has 2 aromatic rings. The number of benzene rings is 1. The summed E-state index contributed by atoms with van der Waals surface area (Å²) in [5.41, 5.74) is 2.34. The van der Waals surface area contributed by atoms with E-state index in [1.54, 1.807) is 0 Å². The minimum Gasteiger partial charge on any atom is -0.341 e. The van der Waals surface area contributed by atoms with Gasteiger partial charge in [-0.1, -0.05) is 30.3 Å². The van der Waals surface area contributed by atoms with E-state index >= 15 is 0 Å². The fourth-order valence-electron chi connectivity index (χ4n) is 3.38. The number of hydrogen-bond acceptors (Lipinski definition) is 3. The number of rotatable bonds is 4. The van der Waals surface area contributed by atoms with Gasteiger partial charge in [0.2, 0.25) is 0 Å². The van der Waals surface area contributed by atoms with E-state index in [0.29, 0.717) is 12.1 Å². The summed E-state index contributed by atoms with van der Waals surface area (Å²) in [4.78, 5) is 13.1. The first-order valence-electron chi connectivity index (χ1n) is 8.21. The van der Waals surface area contributed by atoms with Crippen LogP contribution in [0.5, 0.6) is 0 Å². The van der Waals surface area contributed by atoms with Crippen LogP contribution < -0.4 is 0 Å². The first kappa shape index (κ1) is 15.3. The molecule has 1 fully saturated rings. The highest BCUT2D eigenvalue weighted by Crippen LogP contribution is 2.18. The molecule has 0 spiro atoms. The Balaban J connectivity index is 1.62. The molecule has 118 valence electrons. The summed E-state index contributed by atoms with van der Waals surface area (Å²) in [5.74, 6) is 0.962. The number of piperazine rings is 1. The summed E-state index contributed by atoms with van der Waals surface area (Å²) in [6.07, 6.45) is 1.97. The van der Waals surface area contributed by atoms with Gasteiger partial charge in [-0.3, -0.25) is 9.80 Å². The van der Waals surface area contributed by atoms with Crippen LogP contribution in [-0.4, -0.2) is 51.5 Å². The largest absolute Gasteiger partial charge is 0.341 e. The van der Waals surface area contributed by atoms with Crippen LogP contribution in [0.25, 0.3) is 11.4 Å². The van der Waals surface area contributed by atoms with E-state index in [0.717, 1.165) is 37.6 Å². The van der Waals surface area contributed by atoms with Gasteiger partial charge in [-0.25, -0.2) is 4.98 Å². The highest BCUT2D eigenvalue weighted by atomic mass is 15.3. The second-order valence-electron chi connectivity index (χ2n) is 6.54. The quantitative estimate of drug-likeness (QED) is 0.942. The molecule has 0 aliphatic carbocycles. The molecule has 1 aliphatic rings. The van der Waals surface area contributed by atoms with Gasteiger partial charge in [0.25, 0.3) is 0 Å². The molecule has 0 unspecified atom stereocenters. The first-order valence-corrected chi connectivity index (χ1v) is 8.21. The van der Waals surface area contributed by atoms with Crippen molar-refractivity contribution in [3.63, 3.8) is 0 Å². The minimum absolute atomic E-state index is 0.616. The molecular weight excluding hydrogens is 272 g/mol.